The molecular weight excluding hydrogens is 214 g/mol. The molecule has 17 heavy (non-hydrogen) atoms. The number of carboxylic acid groups (broad SMARTS) is 1. The average molecular weight is 239 g/mol. The molecular formula is C14H25NO2. The molecule has 1 unspecified atom stereocenters. The minimum Gasteiger partial charge on any atom is -0.478 e. The first-order chi connectivity index (χ1) is 8.00. The topological polar surface area (TPSA) is 40.5 Å². The predicted octanol–water partition coefficient (Wildman–Crippen LogP) is 2.78. The van der Waals surface area contributed by atoms with Crippen molar-refractivity contribution < 1.29 is 9.90 Å². The van der Waals surface area contributed by atoms with Crippen LogP contribution in [0.15, 0.2) is 11.6 Å². The quantitative estimate of drug-likeness (QED) is 0.767. The first-order valence-electron chi connectivity index (χ1n) is 6.63. The van der Waals surface area contributed by atoms with E-state index in [0.29, 0.717) is 5.57 Å². The van der Waals surface area contributed by atoms with E-state index in [9.17, 15) is 4.79 Å². The maximum Gasteiger partial charge on any atom is 0.330 e. The van der Waals surface area contributed by atoms with Crippen molar-refractivity contribution in [2.24, 2.45) is 11.8 Å². The van der Waals surface area contributed by atoms with Gasteiger partial charge in [-0.1, -0.05) is 19.9 Å². The number of aliphatic carboxylic acids is 1. The molecule has 0 radical (unpaired) electrons. The van der Waals surface area contributed by atoms with Crippen LogP contribution < -0.4 is 0 Å². The number of nitrogens with zero attached hydrogens (tertiary/aromatic N) is 1. The minimum absolute atomic E-state index is 0.453. The van der Waals surface area contributed by atoms with Gasteiger partial charge in [-0.2, -0.15) is 0 Å². The molecule has 3 heteroatoms. The molecule has 1 aliphatic heterocycles. The Labute approximate surface area is 105 Å². The monoisotopic (exact) mass is 239 g/mol. The van der Waals surface area contributed by atoms with Crippen LogP contribution in [0.3, 0.4) is 0 Å². The highest BCUT2D eigenvalue weighted by Crippen LogP contribution is 2.24. The largest absolute Gasteiger partial charge is 0.478 e. The summed E-state index contributed by atoms with van der Waals surface area (Å²) in [6, 6.07) is 0. The van der Waals surface area contributed by atoms with Gasteiger partial charge in [-0.15, -0.1) is 0 Å². The number of carbonyl (C=O) groups is 1. The van der Waals surface area contributed by atoms with Crippen LogP contribution >= 0.6 is 0 Å². The molecule has 0 bridgehead atoms. The lowest BCUT2D eigenvalue weighted by molar-refractivity contribution is -0.132. The number of rotatable bonds is 4. The van der Waals surface area contributed by atoms with Crippen LogP contribution in [0.2, 0.25) is 0 Å². The zero-order valence-electron chi connectivity index (χ0n) is 11.3. The lowest BCUT2D eigenvalue weighted by atomic mass is 9.89. The van der Waals surface area contributed by atoms with E-state index in [1.807, 2.05) is 6.08 Å². The van der Waals surface area contributed by atoms with E-state index in [-0.39, 0.29) is 0 Å². The fourth-order valence-corrected chi connectivity index (χ4v) is 2.38. The second-order valence-corrected chi connectivity index (χ2v) is 5.43. The van der Waals surface area contributed by atoms with Gasteiger partial charge < -0.3 is 5.11 Å². The molecule has 0 saturated carbocycles. The van der Waals surface area contributed by atoms with Gasteiger partial charge in [-0.05, 0) is 51.1 Å². The van der Waals surface area contributed by atoms with E-state index in [1.165, 1.54) is 19.3 Å². The van der Waals surface area contributed by atoms with Crippen LogP contribution in [0.5, 0.6) is 0 Å². The van der Waals surface area contributed by atoms with Gasteiger partial charge in [0.05, 0.1) is 0 Å². The van der Waals surface area contributed by atoms with Gasteiger partial charge in [0.2, 0.25) is 0 Å². The van der Waals surface area contributed by atoms with Crippen molar-refractivity contribution in [2.75, 3.05) is 19.6 Å². The Balaban J connectivity index is 2.42. The van der Waals surface area contributed by atoms with Crippen LogP contribution in [-0.4, -0.2) is 35.6 Å². The molecule has 0 amide bonds. The van der Waals surface area contributed by atoms with Crippen molar-refractivity contribution in [3.05, 3.63) is 11.6 Å². The Morgan fingerprint density at radius 2 is 2.12 bits per heavy atom. The minimum atomic E-state index is -0.806. The third-order valence-electron chi connectivity index (χ3n) is 3.80. The maximum absolute atomic E-state index is 10.7. The standard InChI is InChI=1S/C14H25NO2/c1-11(2)13-5-4-8-15(10-7-13)9-6-12(3)14(16)17/h6,11,13H,4-5,7-10H2,1-3H3,(H,16,17). The van der Waals surface area contributed by atoms with Crippen LogP contribution in [0.4, 0.5) is 0 Å². The summed E-state index contributed by atoms with van der Waals surface area (Å²) in [5, 5.41) is 8.80. The number of hydrogen-bond donors (Lipinski definition) is 1. The second-order valence-electron chi connectivity index (χ2n) is 5.43. The van der Waals surface area contributed by atoms with E-state index in [1.54, 1.807) is 6.92 Å². The molecule has 1 fully saturated rings. The SMILES string of the molecule is CC(=CCN1CCCC(C(C)C)CC1)C(=O)O. The first-order valence-corrected chi connectivity index (χ1v) is 6.63. The summed E-state index contributed by atoms with van der Waals surface area (Å²) in [5.74, 6) is 0.802. The van der Waals surface area contributed by atoms with Crippen molar-refractivity contribution in [3.8, 4) is 0 Å². The van der Waals surface area contributed by atoms with Gasteiger partial charge in [0.1, 0.15) is 0 Å². The van der Waals surface area contributed by atoms with Crippen LogP contribution in [0.1, 0.15) is 40.0 Å². The highest BCUT2D eigenvalue weighted by atomic mass is 16.4. The zero-order valence-corrected chi connectivity index (χ0v) is 11.3. The molecule has 0 aromatic rings. The molecule has 0 aromatic heterocycles. The van der Waals surface area contributed by atoms with Crippen molar-refractivity contribution in [3.63, 3.8) is 0 Å². The lowest BCUT2D eigenvalue weighted by Gasteiger charge is -2.20. The van der Waals surface area contributed by atoms with Gasteiger partial charge in [0.25, 0.3) is 0 Å². The lowest BCUT2D eigenvalue weighted by Crippen LogP contribution is -2.25. The summed E-state index contributed by atoms with van der Waals surface area (Å²) in [7, 11) is 0. The fraction of sp³-hybridized carbons (Fsp3) is 0.786. The maximum atomic E-state index is 10.7. The molecule has 3 nitrogen and oxygen atoms in total. The summed E-state index contributed by atoms with van der Waals surface area (Å²) in [5.41, 5.74) is 0.453. The van der Waals surface area contributed by atoms with E-state index < -0.39 is 5.97 Å². The highest BCUT2D eigenvalue weighted by molar-refractivity contribution is 5.85. The Kier molecular flexibility index (Phi) is 5.69. The third kappa shape index (κ3) is 4.90. The highest BCUT2D eigenvalue weighted by Gasteiger charge is 2.18. The van der Waals surface area contributed by atoms with Crippen LogP contribution in [-0.2, 0) is 4.79 Å². The van der Waals surface area contributed by atoms with Crippen LogP contribution in [0.25, 0.3) is 0 Å². The number of likely N-dealkylation sites (tertiary alicyclic amines) is 1. The van der Waals surface area contributed by atoms with Crippen molar-refractivity contribution in [1.82, 2.24) is 4.90 Å². The van der Waals surface area contributed by atoms with Gasteiger partial charge in [-0.3, -0.25) is 4.90 Å². The van der Waals surface area contributed by atoms with Gasteiger partial charge in [-0.25, -0.2) is 4.79 Å². The first kappa shape index (κ1) is 14.2. The summed E-state index contributed by atoms with van der Waals surface area (Å²) in [4.78, 5) is 13.1. The molecule has 0 aromatic carbocycles. The summed E-state index contributed by atoms with van der Waals surface area (Å²) in [6.45, 7) is 9.25. The third-order valence-corrected chi connectivity index (χ3v) is 3.80. The van der Waals surface area contributed by atoms with E-state index in [4.69, 9.17) is 5.11 Å². The molecule has 1 aliphatic rings. The summed E-state index contributed by atoms with van der Waals surface area (Å²) < 4.78 is 0. The number of carboxylic acids is 1. The molecule has 0 spiro atoms. The molecule has 1 N–H and O–H groups in total. The number of hydrogen-bond acceptors (Lipinski definition) is 2. The van der Waals surface area contributed by atoms with E-state index >= 15 is 0 Å². The Morgan fingerprint density at radius 3 is 2.71 bits per heavy atom. The molecule has 1 heterocycles. The molecule has 98 valence electrons. The van der Waals surface area contributed by atoms with Gasteiger partial charge >= 0.3 is 5.97 Å². The van der Waals surface area contributed by atoms with Crippen molar-refractivity contribution in [2.45, 2.75) is 40.0 Å². The Bertz CT molecular complexity index is 284. The fourth-order valence-electron chi connectivity index (χ4n) is 2.38. The molecule has 1 saturated heterocycles. The van der Waals surface area contributed by atoms with Gasteiger partial charge in [0, 0.05) is 12.1 Å². The smallest absolute Gasteiger partial charge is 0.330 e. The summed E-state index contributed by atoms with van der Waals surface area (Å²) >= 11 is 0. The predicted molar refractivity (Wildman–Crippen MR) is 70.0 cm³/mol. The normalized spacial score (nSPS) is 23.8. The van der Waals surface area contributed by atoms with Crippen LogP contribution in [0, 0.1) is 11.8 Å². The van der Waals surface area contributed by atoms with Crippen molar-refractivity contribution >= 4 is 5.97 Å². The zero-order chi connectivity index (χ0) is 12.8. The molecule has 0 aliphatic carbocycles. The Morgan fingerprint density at radius 1 is 1.41 bits per heavy atom. The summed E-state index contributed by atoms with van der Waals surface area (Å²) in [6.07, 6.45) is 5.63. The van der Waals surface area contributed by atoms with E-state index in [2.05, 4.69) is 18.7 Å². The second kappa shape index (κ2) is 6.80. The van der Waals surface area contributed by atoms with Gasteiger partial charge in [0.15, 0.2) is 0 Å². The average Bonchev–Trinajstić information content (AvgIpc) is 2.50. The van der Waals surface area contributed by atoms with E-state index in [0.717, 1.165) is 31.5 Å². The molecule has 1 rings (SSSR count). The van der Waals surface area contributed by atoms with Crippen molar-refractivity contribution in [1.29, 1.82) is 0 Å². The molecule has 1 atom stereocenters. The Hall–Kier alpha value is -0.830.